The molecule has 0 saturated heterocycles. The highest BCUT2D eigenvalue weighted by Gasteiger charge is 2.26. The maximum atomic E-state index is 13.3. The van der Waals surface area contributed by atoms with Crippen molar-refractivity contribution in [3.8, 4) is 5.75 Å². The Labute approximate surface area is 186 Å². The topological polar surface area (TPSA) is 42.4 Å². The van der Waals surface area contributed by atoms with E-state index in [9.17, 15) is 4.79 Å². The van der Waals surface area contributed by atoms with Crippen molar-refractivity contribution in [2.24, 2.45) is 11.8 Å². The zero-order valence-corrected chi connectivity index (χ0v) is 18.4. The first-order valence-corrected chi connectivity index (χ1v) is 11.8. The van der Waals surface area contributed by atoms with Gasteiger partial charge in [0.2, 0.25) is 5.91 Å². The van der Waals surface area contributed by atoms with Crippen LogP contribution in [0.25, 0.3) is 0 Å². The predicted octanol–water partition coefficient (Wildman–Crippen LogP) is 5.93. The quantitative estimate of drug-likeness (QED) is 0.499. The summed E-state index contributed by atoms with van der Waals surface area (Å²) in [4.78, 5) is 19.5. The lowest BCUT2D eigenvalue weighted by Crippen LogP contribution is -2.36. The molecule has 1 heterocycles. The Bertz CT molecular complexity index is 841. The molecule has 0 spiro atoms. The van der Waals surface area contributed by atoms with Crippen LogP contribution in [0.15, 0.2) is 60.9 Å². The number of carbonyl (C=O) groups is 1. The Kier molecular flexibility index (Phi) is 7.76. The van der Waals surface area contributed by atoms with Gasteiger partial charge in [0.1, 0.15) is 5.75 Å². The molecule has 1 aromatic carbocycles. The van der Waals surface area contributed by atoms with Gasteiger partial charge in [0.05, 0.1) is 6.61 Å². The number of hydrogen-bond acceptors (Lipinski definition) is 3. The van der Waals surface area contributed by atoms with Gasteiger partial charge in [0.15, 0.2) is 0 Å². The molecule has 0 aliphatic heterocycles. The van der Waals surface area contributed by atoms with E-state index in [0.717, 1.165) is 49.2 Å². The summed E-state index contributed by atoms with van der Waals surface area (Å²) in [5.74, 6) is 2.00. The fourth-order valence-corrected chi connectivity index (χ4v) is 4.66. The van der Waals surface area contributed by atoms with Gasteiger partial charge >= 0.3 is 0 Å². The Hall–Kier alpha value is -2.62. The Morgan fingerprint density at radius 2 is 1.61 bits per heavy atom. The molecule has 31 heavy (non-hydrogen) atoms. The first kappa shape index (κ1) is 21.6. The molecule has 2 aliphatic rings. The molecule has 2 aromatic rings. The molecule has 1 saturated carbocycles. The molecule has 0 radical (unpaired) electrons. The van der Waals surface area contributed by atoms with Crippen LogP contribution in [0, 0.1) is 11.8 Å². The van der Waals surface area contributed by atoms with Crippen molar-refractivity contribution in [1.82, 2.24) is 9.88 Å². The van der Waals surface area contributed by atoms with Gasteiger partial charge in [-0.2, -0.15) is 0 Å². The molecule has 4 heteroatoms. The Balaban J connectivity index is 1.39. The molecule has 1 atom stereocenters. The van der Waals surface area contributed by atoms with Crippen LogP contribution in [-0.2, 0) is 17.9 Å². The molecule has 1 aromatic heterocycles. The van der Waals surface area contributed by atoms with Crippen molar-refractivity contribution in [2.75, 3.05) is 6.61 Å². The Morgan fingerprint density at radius 3 is 2.29 bits per heavy atom. The number of carbonyl (C=O) groups excluding carboxylic acids is 1. The fraction of sp³-hybridized carbons (Fsp3) is 0.481. The molecule has 0 N–H and O–H groups in total. The second kappa shape index (κ2) is 11.1. The van der Waals surface area contributed by atoms with Crippen LogP contribution in [0.5, 0.6) is 5.75 Å². The van der Waals surface area contributed by atoms with Gasteiger partial charge < -0.3 is 9.64 Å². The van der Waals surface area contributed by atoms with Crippen LogP contribution >= 0.6 is 0 Å². The van der Waals surface area contributed by atoms with E-state index in [-0.39, 0.29) is 5.92 Å². The monoisotopic (exact) mass is 418 g/mol. The molecule has 0 bridgehead atoms. The van der Waals surface area contributed by atoms with Crippen LogP contribution in [0.2, 0.25) is 0 Å². The zero-order chi connectivity index (χ0) is 21.3. The molecule has 4 rings (SSSR count). The third-order valence-corrected chi connectivity index (χ3v) is 6.55. The predicted molar refractivity (Wildman–Crippen MR) is 123 cm³/mol. The van der Waals surface area contributed by atoms with Gasteiger partial charge in [-0.15, -0.1) is 0 Å². The lowest BCUT2D eigenvalue weighted by Gasteiger charge is -2.29. The minimum Gasteiger partial charge on any atom is -0.493 e. The van der Waals surface area contributed by atoms with Crippen molar-refractivity contribution in [2.45, 2.75) is 64.5 Å². The number of pyridine rings is 1. The summed E-state index contributed by atoms with van der Waals surface area (Å²) in [6.07, 6.45) is 17.3. The summed E-state index contributed by atoms with van der Waals surface area (Å²) in [6, 6.07) is 12.3. The minimum absolute atomic E-state index is 0.169. The van der Waals surface area contributed by atoms with Gasteiger partial charge in [0.25, 0.3) is 0 Å². The highest BCUT2D eigenvalue weighted by atomic mass is 16.5. The number of nitrogens with zero attached hydrogens (tertiary/aromatic N) is 2. The molecule has 1 fully saturated rings. The fourth-order valence-electron chi connectivity index (χ4n) is 4.66. The lowest BCUT2D eigenvalue weighted by atomic mass is 9.88. The first-order chi connectivity index (χ1) is 15.3. The second-order valence-electron chi connectivity index (χ2n) is 8.99. The number of rotatable bonds is 8. The molecule has 1 unspecified atom stereocenters. The Morgan fingerprint density at radius 1 is 0.903 bits per heavy atom. The van der Waals surface area contributed by atoms with E-state index in [1.54, 1.807) is 12.4 Å². The summed E-state index contributed by atoms with van der Waals surface area (Å²) >= 11 is 0. The van der Waals surface area contributed by atoms with Crippen molar-refractivity contribution < 1.29 is 9.53 Å². The van der Waals surface area contributed by atoms with Crippen molar-refractivity contribution in [3.05, 3.63) is 72.1 Å². The van der Waals surface area contributed by atoms with Crippen LogP contribution in [0.3, 0.4) is 0 Å². The number of hydrogen-bond donors (Lipinski definition) is 0. The van der Waals surface area contributed by atoms with Crippen molar-refractivity contribution >= 4 is 5.91 Å². The van der Waals surface area contributed by atoms with Crippen LogP contribution in [0.4, 0.5) is 0 Å². The van der Waals surface area contributed by atoms with Crippen LogP contribution in [0.1, 0.15) is 62.5 Å². The van der Waals surface area contributed by atoms with Gasteiger partial charge in [-0.1, -0.05) is 43.5 Å². The molecule has 4 nitrogen and oxygen atoms in total. The summed E-state index contributed by atoms with van der Waals surface area (Å²) in [5.41, 5.74) is 2.27. The van der Waals surface area contributed by atoms with Crippen LogP contribution < -0.4 is 4.74 Å². The number of benzene rings is 1. The standard InChI is InChI=1S/C27H34N2O2/c30-27(25-9-5-2-6-10-25)29(20-23-15-17-28-18-16-23)19-22-11-13-26(14-12-22)31-21-24-7-3-1-4-8-24/h1,3,11-18,24-25H,2,4-10,19-21H2. The van der Waals surface area contributed by atoms with Gasteiger partial charge in [-0.25, -0.2) is 0 Å². The molecule has 2 aliphatic carbocycles. The average molecular weight is 419 g/mol. The SMILES string of the molecule is O=C(C1CCCCC1)N(Cc1ccncc1)Cc1ccc(OCC2CC=CCC2)cc1. The highest BCUT2D eigenvalue weighted by molar-refractivity contribution is 5.79. The smallest absolute Gasteiger partial charge is 0.226 e. The summed E-state index contributed by atoms with van der Waals surface area (Å²) in [5, 5.41) is 0. The van der Waals surface area contributed by atoms with E-state index in [2.05, 4.69) is 29.3 Å². The third-order valence-electron chi connectivity index (χ3n) is 6.55. The van der Waals surface area contributed by atoms with Crippen molar-refractivity contribution in [1.29, 1.82) is 0 Å². The summed E-state index contributed by atoms with van der Waals surface area (Å²) < 4.78 is 6.02. The summed E-state index contributed by atoms with van der Waals surface area (Å²) in [6.45, 7) is 2.04. The van der Waals surface area contributed by atoms with E-state index < -0.39 is 0 Å². The third kappa shape index (κ3) is 6.43. The van der Waals surface area contributed by atoms with E-state index in [0.29, 0.717) is 24.9 Å². The minimum atomic E-state index is 0.169. The van der Waals surface area contributed by atoms with E-state index in [1.807, 2.05) is 29.2 Å². The van der Waals surface area contributed by atoms with Crippen LogP contribution in [-0.4, -0.2) is 22.4 Å². The molecular formula is C27H34N2O2. The largest absolute Gasteiger partial charge is 0.493 e. The lowest BCUT2D eigenvalue weighted by molar-refractivity contribution is -0.137. The normalized spacial score (nSPS) is 19.2. The molecule has 164 valence electrons. The first-order valence-electron chi connectivity index (χ1n) is 11.8. The maximum Gasteiger partial charge on any atom is 0.226 e. The maximum absolute atomic E-state index is 13.3. The number of allylic oxidation sites excluding steroid dienone is 2. The van der Waals surface area contributed by atoms with Crippen molar-refractivity contribution in [3.63, 3.8) is 0 Å². The number of ether oxygens (including phenoxy) is 1. The van der Waals surface area contributed by atoms with Gasteiger partial charge in [-0.3, -0.25) is 9.78 Å². The number of amides is 1. The van der Waals surface area contributed by atoms with Gasteiger partial charge in [0, 0.05) is 31.4 Å². The molecule has 1 amide bonds. The molecular weight excluding hydrogens is 384 g/mol. The van der Waals surface area contributed by atoms with E-state index in [4.69, 9.17) is 4.74 Å². The second-order valence-corrected chi connectivity index (χ2v) is 8.99. The summed E-state index contributed by atoms with van der Waals surface area (Å²) in [7, 11) is 0. The average Bonchev–Trinajstić information content (AvgIpc) is 2.84. The number of aromatic nitrogens is 1. The highest BCUT2D eigenvalue weighted by Crippen LogP contribution is 2.27. The van der Waals surface area contributed by atoms with E-state index in [1.165, 1.54) is 25.7 Å². The van der Waals surface area contributed by atoms with Gasteiger partial charge in [-0.05, 0) is 73.4 Å². The zero-order valence-electron chi connectivity index (χ0n) is 18.4. The van der Waals surface area contributed by atoms with E-state index >= 15 is 0 Å².